The van der Waals surface area contributed by atoms with Crippen LogP contribution in [0.2, 0.25) is 0 Å². The Bertz CT molecular complexity index is 326. The van der Waals surface area contributed by atoms with Crippen molar-refractivity contribution >= 4 is 21.7 Å². The van der Waals surface area contributed by atoms with Crippen LogP contribution in [0, 0.1) is 6.92 Å². The molecule has 0 spiro atoms. The third-order valence-electron chi connectivity index (χ3n) is 0.938. The normalized spacial score (nSPS) is 11.8. The summed E-state index contributed by atoms with van der Waals surface area (Å²) in [6.45, 7) is 1.58. The summed E-state index contributed by atoms with van der Waals surface area (Å²) in [7, 11) is -4.03. The van der Waals surface area contributed by atoms with Crippen LogP contribution in [0.25, 0.3) is 0 Å². The number of rotatable bonds is 1. The van der Waals surface area contributed by atoms with Crippen LogP contribution in [0.5, 0.6) is 0 Å². The van der Waals surface area contributed by atoms with Crippen LogP contribution >= 0.6 is 11.5 Å². The SMILES string of the molecule is Cc1cnsc1S(=O)(=O)O. The molecular formula is C4H5NO3S2. The molecule has 1 N–H and O–H groups in total. The molecule has 0 saturated carbocycles. The van der Waals surface area contributed by atoms with Gasteiger partial charge < -0.3 is 0 Å². The predicted octanol–water partition coefficient (Wildman–Crippen LogP) is 0.698. The fourth-order valence-electron chi connectivity index (χ4n) is 0.529. The standard InChI is InChI=1S/C4H5NO3S2/c1-3-2-5-9-4(3)10(6,7)8/h2H,1H3,(H,6,7,8). The van der Waals surface area contributed by atoms with Crippen molar-refractivity contribution in [3.05, 3.63) is 11.8 Å². The highest BCUT2D eigenvalue weighted by molar-refractivity contribution is 7.88. The zero-order valence-electron chi connectivity index (χ0n) is 5.10. The van der Waals surface area contributed by atoms with Crippen LogP contribution in [0.1, 0.15) is 5.56 Å². The molecule has 56 valence electrons. The summed E-state index contributed by atoms with van der Waals surface area (Å²) in [6.07, 6.45) is 1.40. The first-order valence-electron chi connectivity index (χ1n) is 2.40. The average molecular weight is 179 g/mol. The van der Waals surface area contributed by atoms with Gasteiger partial charge in [-0.15, -0.1) is 0 Å². The molecule has 0 unspecified atom stereocenters. The van der Waals surface area contributed by atoms with Gasteiger partial charge in [0.25, 0.3) is 0 Å². The highest BCUT2D eigenvalue weighted by atomic mass is 32.3. The molecule has 0 aliphatic heterocycles. The van der Waals surface area contributed by atoms with Gasteiger partial charge in [0.05, 0.1) is 0 Å². The lowest BCUT2D eigenvalue weighted by Gasteiger charge is -1.88. The minimum absolute atomic E-state index is 0.0764. The van der Waals surface area contributed by atoms with E-state index in [2.05, 4.69) is 4.37 Å². The van der Waals surface area contributed by atoms with Crippen molar-refractivity contribution in [2.75, 3.05) is 0 Å². The van der Waals surface area contributed by atoms with E-state index in [0.717, 1.165) is 11.5 Å². The molecule has 0 atom stereocenters. The largest absolute Gasteiger partial charge is 0.305 e. The maximum atomic E-state index is 10.4. The van der Waals surface area contributed by atoms with E-state index in [1.54, 1.807) is 6.92 Å². The Morgan fingerprint density at radius 3 is 2.50 bits per heavy atom. The molecule has 0 amide bonds. The average Bonchev–Trinajstić information content (AvgIpc) is 2.11. The Kier molecular flexibility index (Phi) is 1.76. The molecular weight excluding hydrogens is 174 g/mol. The molecule has 1 rings (SSSR count). The Labute approximate surface area is 62.4 Å². The molecule has 0 aromatic carbocycles. The second-order valence-corrected chi connectivity index (χ2v) is 4.19. The van der Waals surface area contributed by atoms with Gasteiger partial charge in [-0.05, 0) is 18.5 Å². The molecule has 0 fully saturated rings. The number of nitrogens with zero attached hydrogens (tertiary/aromatic N) is 1. The van der Waals surface area contributed by atoms with Crippen molar-refractivity contribution in [2.45, 2.75) is 11.1 Å². The fourth-order valence-corrected chi connectivity index (χ4v) is 2.00. The van der Waals surface area contributed by atoms with E-state index in [9.17, 15) is 8.42 Å². The van der Waals surface area contributed by atoms with Crippen molar-refractivity contribution in [1.29, 1.82) is 0 Å². The van der Waals surface area contributed by atoms with Crippen molar-refractivity contribution in [2.24, 2.45) is 0 Å². The van der Waals surface area contributed by atoms with E-state index in [4.69, 9.17) is 4.55 Å². The Morgan fingerprint density at radius 2 is 2.30 bits per heavy atom. The number of hydrogen-bond acceptors (Lipinski definition) is 4. The highest BCUT2D eigenvalue weighted by Gasteiger charge is 2.14. The van der Waals surface area contributed by atoms with Gasteiger partial charge in [0.15, 0.2) is 4.21 Å². The zero-order chi connectivity index (χ0) is 7.78. The predicted molar refractivity (Wildman–Crippen MR) is 36.7 cm³/mol. The summed E-state index contributed by atoms with van der Waals surface area (Å²) < 4.78 is 32.9. The quantitative estimate of drug-likeness (QED) is 0.644. The smallest absolute Gasteiger partial charge is 0.281 e. The van der Waals surface area contributed by atoms with Gasteiger partial charge in [0.2, 0.25) is 0 Å². The fraction of sp³-hybridized carbons (Fsp3) is 0.250. The lowest BCUT2D eigenvalue weighted by molar-refractivity contribution is 0.485. The van der Waals surface area contributed by atoms with Crippen LogP contribution in [-0.2, 0) is 10.1 Å². The minimum Gasteiger partial charge on any atom is -0.281 e. The maximum absolute atomic E-state index is 10.4. The molecule has 0 radical (unpaired) electrons. The van der Waals surface area contributed by atoms with E-state index < -0.39 is 10.1 Å². The van der Waals surface area contributed by atoms with Gasteiger partial charge in [0, 0.05) is 11.8 Å². The van der Waals surface area contributed by atoms with Crippen molar-refractivity contribution in [1.82, 2.24) is 4.37 Å². The monoisotopic (exact) mass is 179 g/mol. The molecule has 1 aromatic rings. The molecule has 4 nitrogen and oxygen atoms in total. The van der Waals surface area contributed by atoms with Gasteiger partial charge in [-0.1, -0.05) is 0 Å². The summed E-state index contributed by atoms with van der Waals surface area (Å²) in [6, 6.07) is 0. The van der Waals surface area contributed by atoms with Crippen molar-refractivity contribution < 1.29 is 13.0 Å². The van der Waals surface area contributed by atoms with Gasteiger partial charge in [-0.25, -0.2) is 0 Å². The molecule has 1 aromatic heterocycles. The highest BCUT2D eigenvalue weighted by Crippen LogP contribution is 2.17. The lowest BCUT2D eigenvalue weighted by atomic mass is 10.4. The second-order valence-electron chi connectivity index (χ2n) is 1.77. The van der Waals surface area contributed by atoms with Crippen molar-refractivity contribution in [3.63, 3.8) is 0 Å². The zero-order valence-corrected chi connectivity index (χ0v) is 6.74. The molecule has 6 heteroatoms. The molecule has 0 bridgehead atoms. The van der Waals surface area contributed by atoms with Crippen molar-refractivity contribution in [3.8, 4) is 0 Å². The number of aryl methyl sites for hydroxylation is 1. The minimum atomic E-state index is -4.03. The molecule has 1 heterocycles. The van der Waals surface area contributed by atoms with Gasteiger partial charge in [-0.2, -0.15) is 12.8 Å². The summed E-state index contributed by atoms with van der Waals surface area (Å²) in [5.41, 5.74) is 0.479. The van der Waals surface area contributed by atoms with Crippen LogP contribution < -0.4 is 0 Å². The van der Waals surface area contributed by atoms with E-state index in [1.165, 1.54) is 6.20 Å². The first kappa shape index (κ1) is 7.64. The Hall–Kier alpha value is -0.460. The second kappa shape index (κ2) is 2.30. The summed E-state index contributed by atoms with van der Waals surface area (Å²) >= 11 is 0.769. The van der Waals surface area contributed by atoms with E-state index in [1.807, 2.05) is 0 Å². The van der Waals surface area contributed by atoms with E-state index >= 15 is 0 Å². The summed E-state index contributed by atoms with van der Waals surface area (Å²) in [5, 5.41) is 0. The molecule has 0 aliphatic carbocycles. The van der Waals surface area contributed by atoms with E-state index in [0.29, 0.717) is 5.56 Å². The van der Waals surface area contributed by atoms with Crippen LogP contribution in [0.4, 0.5) is 0 Å². The Balaban J connectivity index is 3.32. The first-order valence-corrected chi connectivity index (χ1v) is 4.62. The van der Waals surface area contributed by atoms with Gasteiger partial charge >= 0.3 is 10.1 Å². The lowest BCUT2D eigenvalue weighted by Crippen LogP contribution is -1.95. The number of hydrogen-bond donors (Lipinski definition) is 1. The molecule has 0 saturated heterocycles. The molecule has 0 aliphatic rings. The van der Waals surface area contributed by atoms with E-state index in [-0.39, 0.29) is 4.21 Å². The first-order chi connectivity index (χ1) is 4.52. The third-order valence-corrected chi connectivity index (χ3v) is 3.28. The van der Waals surface area contributed by atoms with Crippen LogP contribution in [0.15, 0.2) is 10.4 Å². The molecule has 10 heavy (non-hydrogen) atoms. The topological polar surface area (TPSA) is 67.3 Å². The Morgan fingerprint density at radius 1 is 1.70 bits per heavy atom. The maximum Gasteiger partial charge on any atom is 0.305 e. The third kappa shape index (κ3) is 1.34. The van der Waals surface area contributed by atoms with Gasteiger partial charge in [-0.3, -0.25) is 4.55 Å². The summed E-state index contributed by atoms with van der Waals surface area (Å²) in [5.74, 6) is 0. The van der Waals surface area contributed by atoms with Crippen LogP contribution in [-0.4, -0.2) is 17.3 Å². The van der Waals surface area contributed by atoms with Crippen LogP contribution in [0.3, 0.4) is 0 Å². The summed E-state index contributed by atoms with van der Waals surface area (Å²) in [4.78, 5) is 0. The number of aromatic nitrogens is 1. The van der Waals surface area contributed by atoms with Gasteiger partial charge in [0.1, 0.15) is 0 Å².